The van der Waals surface area contributed by atoms with Gasteiger partial charge in [0.25, 0.3) is 5.91 Å². The van der Waals surface area contributed by atoms with Crippen molar-refractivity contribution in [3.8, 4) is 0 Å². The minimum Gasteiger partial charge on any atom is -0.348 e. The summed E-state index contributed by atoms with van der Waals surface area (Å²) in [5.74, 6) is -1.74. The van der Waals surface area contributed by atoms with Crippen molar-refractivity contribution in [1.82, 2.24) is 15.5 Å². The van der Waals surface area contributed by atoms with Gasteiger partial charge in [0.1, 0.15) is 6.04 Å². The van der Waals surface area contributed by atoms with Crippen molar-refractivity contribution >= 4 is 23.4 Å². The molecule has 2 N–H and O–H groups in total. The number of para-hydroxylation sites is 1. The van der Waals surface area contributed by atoms with Crippen molar-refractivity contribution in [3.05, 3.63) is 29.8 Å². The van der Waals surface area contributed by atoms with Gasteiger partial charge in [-0.05, 0) is 32.1 Å². The molecule has 1 aliphatic heterocycles. The highest BCUT2D eigenvalue weighted by atomic mass is 16.2. The number of amides is 3. The number of carbonyl (C=O) groups excluding carboxylic acids is 3. The predicted molar refractivity (Wildman–Crippen MR) is 96.2 cm³/mol. The van der Waals surface area contributed by atoms with E-state index in [1.54, 1.807) is 19.2 Å². The summed E-state index contributed by atoms with van der Waals surface area (Å²) in [6, 6.07) is 6.42. The van der Waals surface area contributed by atoms with Crippen LogP contribution in [0.3, 0.4) is 0 Å². The summed E-state index contributed by atoms with van der Waals surface area (Å²) < 4.78 is 0. The van der Waals surface area contributed by atoms with E-state index in [-0.39, 0.29) is 5.91 Å². The zero-order chi connectivity index (χ0) is 18.4. The third-order valence-corrected chi connectivity index (χ3v) is 4.50. The molecular weight excluding hydrogens is 320 g/mol. The summed E-state index contributed by atoms with van der Waals surface area (Å²) in [6.07, 6.45) is 0.772. The van der Waals surface area contributed by atoms with Crippen LogP contribution in [-0.4, -0.2) is 55.8 Å². The minimum absolute atomic E-state index is 0.246. The Labute approximate surface area is 148 Å². The first-order valence-corrected chi connectivity index (χ1v) is 8.67. The summed E-state index contributed by atoms with van der Waals surface area (Å²) >= 11 is 0. The molecule has 1 aromatic carbocycles. The van der Waals surface area contributed by atoms with Gasteiger partial charge in [0, 0.05) is 24.8 Å². The molecule has 1 atom stereocenters. The molecule has 0 bridgehead atoms. The van der Waals surface area contributed by atoms with Crippen LogP contribution in [0.15, 0.2) is 24.3 Å². The molecule has 7 nitrogen and oxygen atoms in total. The lowest BCUT2D eigenvalue weighted by Crippen LogP contribution is -2.44. The summed E-state index contributed by atoms with van der Waals surface area (Å²) in [5, 5.41) is 5.14. The number of fused-ring (bicyclic) bond motifs is 1. The maximum Gasteiger partial charge on any atom is 0.310 e. The fourth-order valence-corrected chi connectivity index (χ4v) is 2.94. The summed E-state index contributed by atoms with van der Waals surface area (Å²) in [5.41, 5.74) is 1.45. The topological polar surface area (TPSA) is 81.8 Å². The van der Waals surface area contributed by atoms with Crippen LogP contribution in [0.2, 0.25) is 0 Å². The number of likely N-dealkylation sites (N-methyl/N-ethyl adjacent to an activating group) is 1. The third-order valence-electron chi connectivity index (χ3n) is 4.50. The number of benzene rings is 1. The lowest BCUT2D eigenvalue weighted by Gasteiger charge is -2.17. The largest absolute Gasteiger partial charge is 0.348 e. The second-order valence-electron chi connectivity index (χ2n) is 6.00. The van der Waals surface area contributed by atoms with Gasteiger partial charge in [0.05, 0.1) is 0 Å². The first kappa shape index (κ1) is 18.9. The Balaban J connectivity index is 1.85. The Kier molecular flexibility index (Phi) is 6.52. The Hall–Kier alpha value is -2.41. The molecule has 0 aliphatic carbocycles. The van der Waals surface area contributed by atoms with Crippen LogP contribution in [0, 0.1) is 0 Å². The van der Waals surface area contributed by atoms with Crippen molar-refractivity contribution in [2.45, 2.75) is 26.3 Å². The Morgan fingerprint density at radius 2 is 1.84 bits per heavy atom. The number of rotatable bonds is 7. The minimum atomic E-state index is -0.810. The van der Waals surface area contributed by atoms with Gasteiger partial charge >= 0.3 is 11.8 Å². The molecule has 3 amide bonds. The molecule has 0 radical (unpaired) electrons. The van der Waals surface area contributed by atoms with Gasteiger partial charge in [-0.1, -0.05) is 32.0 Å². The monoisotopic (exact) mass is 346 g/mol. The van der Waals surface area contributed by atoms with Crippen LogP contribution < -0.4 is 15.5 Å². The quantitative estimate of drug-likeness (QED) is 0.562. The van der Waals surface area contributed by atoms with Crippen LogP contribution in [0.1, 0.15) is 31.9 Å². The molecular formula is C18H26N4O3. The molecule has 25 heavy (non-hydrogen) atoms. The van der Waals surface area contributed by atoms with E-state index in [9.17, 15) is 14.4 Å². The van der Waals surface area contributed by atoms with Gasteiger partial charge in [-0.2, -0.15) is 0 Å². The van der Waals surface area contributed by atoms with E-state index in [1.165, 1.54) is 4.90 Å². The molecule has 2 rings (SSSR count). The zero-order valence-electron chi connectivity index (χ0n) is 15.0. The van der Waals surface area contributed by atoms with E-state index in [0.29, 0.717) is 12.1 Å². The van der Waals surface area contributed by atoms with Crippen LogP contribution in [-0.2, 0) is 14.4 Å². The molecule has 1 heterocycles. The molecule has 1 aliphatic rings. The van der Waals surface area contributed by atoms with Crippen LogP contribution >= 0.6 is 0 Å². The smallest absolute Gasteiger partial charge is 0.310 e. The van der Waals surface area contributed by atoms with Gasteiger partial charge < -0.3 is 20.4 Å². The van der Waals surface area contributed by atoms with Crippen molar-refractivity contribution < 1.29 is 14.4 Å². The van der Waals surface area contributed by atoms with Gasteiger partial charge in [0.15, 0.2) is 0 Å². The standard InChI is InChI=1S/C18H26N4O3/c1-4-22(5-2)12-8-11-19-16(23)17(24)20-15-13-9-6-7-10-14(13)21(3)18(15)25/h6-7,9-10,15H,4-5,8,11-12H2,1-3H3,(H,19,23)(H,20,24). The van der Waals surface area contributed by atoms with Crippen molar-refractivity contribution in [1.29, 1.82) is 0 Å². The van der Waals surface area contributed by atoms with Crippen molar-refractivity contribution in [2.75, 3.05) is 38.1 Å². The first-order valence-electron chi connectivity index (χ1n) is 8.67. The maximum absolute atomic E-state index is 12.3. The molecule has 7 heteroatoms. The molecule has 1 unspecified atom stereocenters. The molecule has 0 aromatic heterocycles. The Morgan fingerprint density at radius 1 is 1.16 bits per heavy atom. The second-order valence-corrected chi connectivity index (χ2v) is 6.00. The highest BCUT2D eigenvalue weighted by Gasteiger charge is 2.36. The van der Waals surface area contributed by atoms with Crippen molar-refractivity contribution in [3.63, 3.8) is 0 Å². The maximum atomic E-state index is 12.3. The summed E-state index contributed by atoms with van der Waals surface area (Å²) in [6.45, 7) is 7.39. The van der Waals surface area contributed by atoms with E-state index in [1.807, 2.05) is 12.1 Å². The summed E-state index contributed by atoms with van der Waals surface area (Å²) in [7, 11) is 1.65. The fraction of sp³-hybridized carbons (Fsp3) is 0.500. The number of nitrogens with one attached hydrogen (secondary N) is 2. The third kappa shape index (κ3) is 4.36. The normalized spacial score (nSPS) is 16.1. The second kappa shape index (κ2) is 8.62. The highest BCUT2D eigenvalue weighted by Crippen LogP contribution is 2.34. The lowest BCUT2D eigenvalue weighted by molar-refractivity contribution is -0.140. The molecule has 1 aromatic rings. The number of nitrogens with zero attached hydrogens (tertiary/aromatic N) is 2. The summed E-state index contributed by atoms with van der Waals surface area (Å²) in [4.78, 5) is 40.1. The van der Waals surface area contributed by atoms with Gasteiger partial charge in [0.2, 0.25) is 0 Å². The fourth-order valence-electron chi connectivity index (χ4n) is 2.94. The average Bonchev–Trinajstić information content (AvgIpc) is 2.87. The van der Waals surface area contributed by atoms with E-state index in [2.05, 4.69) is 29.4 Å². The highest BCUT2D eigenvalue weighted by molar-refractivity contribution is 6.35. The van der Waals surface area contributed by atoms with E-state index in [4.69, 9.17) is 0 Å². The van der Waals surface area contributed by atoms with E-state index in [0.717, 1.165) is 31.7 Å². The molecule has 0 spiro atoms. The van der Waals surface area contributed by atoms with Crippen LogP contribution in [0.4, 0.5) is 5.69 Å². The number of hydrogen-bond donors (Lipinski definition) is 2. The van der Waals surface area contributed by atoms with E-state index < -0.39 is 17.9 Å². The number of anilines is 1. The zero-order valence-corrected chi connectivity index (χ0v) is 15.0. The number of hydrogen-bond acceptors (Lipinski definition) is 4. The molecule has 0 fully saturated rings. The van der Waals surface area contributed by atoms with E-state index >= 15 is 0 Å². The van der Waals surface area contributed by atoms with Gasteiger partial charge in [-0.3, -0.25) is 14.4 Å². The van der Waals surface area contributed by atoms with Crippen molar-refractivity contribution in [2.24, 2.45) is 0 Å². The lowest BCUT2D eigenvalue weighted by atomic mass is 10.1. The first-order chi connectivity index (χ1) is 12.0. The Bertz CT molecular complexity index is 643. The van der Waals surface area contributed by atoms with Gasteiger partial charge in [-0.15, -0.1) is 0 Å². The van der Waals surface area contributed by atoms with Crippen LogP contribution in [0.25, 0.3) is 0 Å². The van der Waals surface area contributed by atoms with Crippen LogP contribution in [0.5, 0.6) is 0 Å². The van der Waals surface area contributed by atoms with Gasteiger partial charge in [-0.25, -0.2) is 0 Å². The molecule has 0 saturated carbocycles. The molecule has 136 valence electrons. The number of carbonyl (C=O) groups is 3. The predicted octanol–water partition coefficient (Wildman–Crippen LogP) is 0.668. The SMILES string of the molecule is CCN(CC)CCCNC(=O)C(=O)NC1C(=O)N(C)c2ccccc21. The molecule has 0 saturated heterocycles. The average molecular weight is 346 g/mol. The Morgan fingerprint density at radius 3 is 2.52 bits per heavy atom.